The molecule has 4 heteroatoms. The van der Waals surface area contributed by atoms with Gasteiger partial charge in [-0.3, -0.25) is 4.79 Å². The van der Waals surface area contributed by atoms with E-state index in [2.05, 4.69) is 21.8 Å². The predicted molar refractivity (Wildman–Crippen MR) is 75.0 cm³/mol. The maximum absolute atomic E-state index is 12.2. The van der Waals surface area contributed by atoms with Gasteiger partial charge in [0.05, 0.1) is 11.0 Å². The van der Waals surface area contributed by atoms with E-state index in [4.69, 9.17) is 0 Å². The molecule has 1 N–H and O–H groups in total. The van der Waals surface area contributed by atoms with Crippen LogP contribution in [0.4, 0.5) is 0 Å². The number of para-hydroxylation sites is 2. The second kappa shape index (κ2) is 4.68. The molecule has 0 aliphatic heterocycles. The van der Waals surface area contributed by atoms with Gasteiger partial charge in [0, 0.05) is 12.5 Å². The van der Waals surface area contributed by atoms with Gasteiger partial charge in [-0.1, -0.05) is 19.1 Å². The molecular formula is C15H19N3O. The number of rotatable bonds is 4. The number of hydrogen-bond acceptors (Lipinski definition) is 2. The van der Waals surface area contributed by atoms with Crippen LogP contribution < -0.4 is 5.32 Å². The number of carbonyl (C=O) groups is 1. The normalized spacial score (nSPS) is 16.5. The highest BCUT2D eigenvalue weighted by atomic mass is 16.2. The average Bonchev–Trinajstić information content (AvgIpc) is 3.15. The first-order chi connectivity index (χ1) is 9.20. The molecule has 1 aliphatic rings. The molecule has 0 bridgehead atoms. The molecule has 1 amide bonds. The van der Waals surface area contributed by atoms with E-state index in [0.29, 0.717) is 6.04 Å². The third-order valence-corrected chi connectivity index (χ3v) is 3.68. The minimum absolute atomic E-state index is 0.0975. The molecule has 100 valence electrons. The highest BCUT2D eigenvalue weighted by Crippen LogP contribution is 2.24. The quantitative estimate of drug-likeness (QED) is 0.914. The zero-order valence-corrected chi connectivity index (χ0v) is 11.4. The monoisotopic (exact) mass is 257 g/mol. The molecule has 4 nitrogen and oxygen atoms in total. The number of carbonyl (C=O) groups excluding carboxylic acids is 1. The van der Waals surface area contributed by atoms with E-state index in [1.807, 2.05) is 31.2 Å². The van der Waals surface area contributed by atoms with E-state index in [9.17, 15) is 4.79 Å². The van der Waals surface area contributed by atoms with Crippen molar-refractivity contribution in [3.05, 3.63) is 30.1 Å². The summed E-state index contributed by atoms with van der Waals surface area (Å²) in [6.07, 6.45) is 3.06. The summed E-state index contributed by atoms with van der Waals surface area (Å²) in [4.78, 5) is 16.9. The summed E-state index contributed by atoms with van der Waals surface area (Å²) in [7, 11) is 0. The highest BCUT2D eigenvalue weighted by molar-refractivity contribution is 5.84. The number of nitrogens with zero attached hydrogens (tertiary/aromatic N) is 2. The maximum atomic E-state index is 12.2. The van der Waals surface area contributed by atoms with Crippen molar-refractivity contribution in [2.24, 2.45) is 0 Å². The largest absolute Gasteiger partial charge is 0.352 e. The van der Waals surface area contributed by atoms with Crippen molar-refractivity contribution in [2.45, 2.75) is 45.2 Å². The van der Waals surface area contributed by atoms with Crippen molar-refractivity contribution in [3.8, 4) is 0 Å². The van der Waals surface area contributed by atoms with Crippen LogP contribution in [0.5, 0.6) is 0 Å². The average molecular weight is 257 g/mol. The van der Waals surface area contributed by atoms with Crippen LogP contribution >= 0.6 is 0 Å². The predicted octanol–water partition coefficient (Wildman–Crippen LogP) is 2.44. The van der Waals surface area contributed by atoms with Gasteiger partial charge in [-0.15, -0.1) is 0 Å². The second-order valence-electron chi connectivity index (χ2n) is 5.20. The Kier molecular flexibility index (Phi) is 3.01. The Morgan fingerprint density at radius 3 is 2.89 bits per heavy atom. The summed E-state index contributed by atoms with van der Waals surface area (Å²) in [6.45, 7) is 4.02. The molecule has 1 saturated carbocycles. The third-order valence-electron chi connectivity index (χ3n) is 3.68. The van der Waals surface area contributed by atoms with E-state index in [1.54, 1.807) is 0 Å². The van der Waals surface area contributed by atoms with Crippen molar-refractivity contribution in [1.82, 2.24) is 14.9 Å². The van der Waals surface area contributed by atoms with Gasteiger partial charge in [-0.25, -0.2) is 4.98 Å². The van der Waals surface area contributed by atoms with Crippen LogP contribution in [0.2, 0.25) is 0 Å². The lowest BCUT2D eigenvalue weighted by Crippen LogP contribution is -2.33. The van der Waals surface area contributed by atoms with E-state index in [0.717, 1.165) is 36.1 Å². The Morgan fingerprint density at radius 1 is 1.47 bits per heavy atom. The van der Waals surface area contributed by atoms with Crippen LogP contribution in [0, 0.1) is 0 Å². The van der Waals surface area contributed by atoms with Gasteiger partial charge in [0.25, 0.3) is 0 Å². The van der Waals surface area contributed by atoms with E-state index < -0.39 is 0 Å². The Hall–Kier alpha value is -1.84. The molecular weight excluding hydrogens is 238 g/mol. The van der Waals surface area contributed by atoms with Crippen LogP contribution in [0.25, 0.3) is 11.0 Å². The van der Waals surface area contributed by atoms with Crippen LogP contribution in [0.1, 0.15) is 38.6 Å². The minimum Gasteiger partial charge on any atom is -0.352 e. The summed E-state index contributed by atoms with van der Waals surface area (Å²) < 4.78 is 2.06. The maximum Gasteiger partial charge on any atom is 0.243 e. The van der Waals surface area contributed by atoms with E-state index >= 15 is 0 Å². The molecule has 1 fully saturated rings. The number of benzene rings is 1. The minimum atomic E-state index is -0.206. The summed E-state index contributed by atoms with van der Waals surface area (Å²) >= 11 is 0. The zero-order chi connectivity index (χ0) is 13.4. The number of aryl methyl sites for hydroxylation is 1. The molecule has 1 aromatic heterocycles. The lowest BCUT2D eigenvalue weighted by Gasteiger charge is -2.16. The van der Waals surface area contributed by atoms with Crippen molar-refractivity contribution < 1.29 is 4.79 Å². The summed E-state index contributed by atoms with van der Waals surface area (Å²) in [5, 5.41) is 3.07. The molecule has 0 radical (unpaired) electrons. The van der Waals surface area contributed by atoms with Gasteiger partial charge < -0.3 is 9.88 Å². The lowest BCUT2D eigenvalue weighted by atomic mass is 10.2. The van der Waals surface area contributed by atoms with E-state index in [1.165, 1.54) is 0 Å². The second-order valence-corrected chi connectivity index (χ2v) is 5.20. The molecule has 1 atom stereocenters. The van der Waals surface area contributed by atoms with Crippen molar-refractivity contribution in [3.63, 3.8) is 0 Å². The molecule has 1 aromatic carbocycles. The molecule has 1 heterocycles. The third kappa shape index (κ3) is 2.23. The Balaban J connectivity index is 1.99. The molecule has 3 rings (SSSR count). The standard InChI is InChI=1S/C15H19N3O/c1-3-14-17-12-6-4-5-7-13(12)18(14)10(2)15(19)16-11-8-9-11/h4-7,10-11H,3,8-9H2,1-2H3,(H,16,19). The van der Waals surface area contributed by atoms with Gasteiger partial charge in [-0.05, 0) is 31.9 Å². The fourth-order valence-corrected chi connectivity index (χ4v) is 2.44. The smallest absolute Gasteiger partial charge is 0.243 e. The SMILES string of the molecule is CCc1nc2ccccc2n1C(C)C(=O)NC1CC1. The number of nitrogens with one attached hydrogen (secondary N) is 1. The van der Waals surface area contributed by atoms with Crippen LogP contribution in [-0.4, -0.2) is 21.5 Å². The molecule has 1 unspecified atom stereocenters. The van der Waals surface area contributed by atoms with Crippen LogP contribution in [-0.2, 0) is 11.2 Å². The van der Waals surface area contributed by atoms with Gasteiger partial charge in [-0.2, -0.15) is 0 Å². The fraction of sp³-hybridized carbons (Fsp3) is 0.467. The Morgan fingerprint density at radius 2 is 2.21 bits per heavy atom. The molecule has 0 spiro atoms. The van der Waals surface area contributed by atoms with Crippen molar-refractivity contribution in [2.75, 3.05) is 0 Å². The molecule has 2 aromatic rings. The van der Waals surface area contributed by atoms with Gasteiger partial charge in [0.15, 0.2) is 0 Å². The van der Waals surface area contributed by atoms with Crippen LogP contribution in [0.3, 0.4) is 0 Å². The molecule has 19 heavy (non-hydrogen) atoms. The van der Waals surface area contributed by atoms with Gasteiger partial charge in [0.2, 0.25) is 5.91 Å². The Labute approximate surface area is 112 Å². The summed E-state index contributed by atoms with van der Waals surface area (Å²) in [5.74, 6) is 1.07. The number of imidazole rings is 1. The summed E-state index contributed by atoms with van der Waals surface area (Å²) in [5.41, 5.74) is 2.00. The van der Waals surface area contributed by atoms with E-state index in [-0.39, 0.29) is 11.9 Å². The van der Waals surface area contributed by atoms with Crippen molar-refractivity contribution in [1.29, 1.82) is 0 Å². The van der Waals surface area contributed by atoms with Gasteiger partial charge in [0.1, 0.15) is 11.9 Å². The first-order valence-corrected chi connectivity index (χ1v) is 6.97. The molecule has 1 aliphatic carbocycles. The first kappa shape index (κ1) is 12.2. The number of amides is 1. The summed E-state index contributed by atoms with van der Waals surface area (Å²) in [6, 6.07) is 8.19. The number of hydrogen-bond donors (Lipinski definition) is 1. The fourth-order valence-electron chi connectivity index (χ4n) is 2.44. The highest BCUT2D eigenvalue weighted by Gasteiger charge is 2.27. The topological polar surface area (TPSA) is 46.9 Å². The number of aromatic nitrogens is 2. The van der Waals surface area contributed by atoms with Crippen LogP contribution in [0.15, 0.2) is 24.3 Å². The first-order valence-electron chi connectivity index (χ1n) is 6.97. The molecule has 0 saturated heterocycles. The zero-order valence-electron chi connectivity index (χ0n) is 11.4. The van der Waals surface area contributed by atoms with Gasteiger partial charge >= 0.3 is 0 Å². The number of fused-ring (bicyclic) bond motifs is 1. The lowest BCUT2D eigenvalue weighted by molar-refractivity contribution is -0.124. The Bertz CT molecular complexity index is 613. The van der Waals surface area contributed by atoms with Crippen molar-refractivity contribution >= 4 is 16.9 Å².